The average Bonchev–Trinajstić information content (AvgIpc) is 2.39. The van der Waals surface area contributed by atoms with Crippen molar-refractivity contribution in [2.45, 2.75) is 90.4 Å². The van der Waals surface area contributed by atoms with E-state index in [0.29, 0.717) is 6.54 Å². The molecule has 0 heterocycles. The van der Waals surface area contributed by atoms with Gasteiger partial charge in [-0.2, -0.15) is 0 Å². The van der Waals surface area contributed by atoms with Gasteiger partial charge in [0.25, 0.3) is 0 Å². The Labute approximate surface area is 119 Å². The van der Waals surface area contributed by atoms with E-state index < -0.39 is 6.09 Å². The monoisotopic (exact) mass is 270 g/mol. The van der Waals surface area contributed by atoms with Crippen LogP contribution >= 0.6 is 0 Å². The fourth-order valence-electron chi connectivity index (χ4n) is 2.33. The van der Waals surface area contributed by atoms with Gasteiger partial charge in [-0.3, -0.25) is 0 Å². The molecule has 0 bridgehead atoms. The van der Waals surface area contributed by atoms with Crippen LogP contribution in [0.2, 0.25) is 0 Å². The Kier molecular flexibility index (Phi) is 14.7. The van der Waals surface area contributed by atoms with Crippen molar-refractivity contribution in [3.05, 3.63) is 0 Å². The van der Waals surface area contributed by atoms with E-state index in [9.17, 15) is 9.90 Å². The van der Waals surface area contributed by atoms with Crippen molar-refractivity contribution in [1.29, 1.82) is 0 Å². The van der Waals surface area contributed by atoms with Crippen LogP contribution < -0.4 is 10.4 Å². The summed E-state index contributed by atoms with van der Waals surface area (Å²) in [4.78, 5) is 10.1. The van der Waals surface area contributed by atoms with Crippen LogP contribution in [0.5, 0.6) is 0 Å². The lowest BCUT2D eigenvalue weighted by molar-refractivity contribution is -0.250. The Morgan fingerprint density at radius 3 is 1.47 bits per heavy atom. The highest BCUT2D eigenvalue weighted by molar-refractivity contribution is 5.61. The Morgan fingerprint density at radius 2 is 1.11 bits per heavy atom. The van der Waals surface area contributed by atoms with E-state index in [1.807, 2.05) is 0 Å². The molecule has 0 aliphatic carbocycles. The molecule has 0 aliphatic rings. The molecule has 0 atom stereocenters. The fraction of sp³-hybridized carbons (Fsp3) is 0.938. The van der Waals surface area contributed by atoms with Gasteiger partial charge in [0.05, 0.1) is 0 Å². The number of rotatable bonds is 14. The number of carboxylic acid groups (broad SMARTS) is 1. The molecule has 3 nitrogen and oxygen atoms in total. The van der Waals surface area contributed by atoms with Crippen molar-refractivity contribution in [2.24, 2.45) is 0 Å². The number of hydrogen-bond acceptors (Lipinski definition) is 2. The number of hydrogen-bond donors (Lipinski definition) is 1. The predicted molar refractivity (Wildman–Crippen MR) is 79.1 cm³/mol. The zero-order valence-electron chi connectivity index (χ0n) is 12.7. The molecule has 1 amide bonds. The molecule has 0 radical (unpaired) electrons. The second-order valence-corrected chi connectivity index (χ2v) is 5.46. The first-order valence-corrected chi connectivity index (χ1v) is 8.22. The zero-order valence-corrected chi connectivity index (χ0v) is 12.7. The number of nitrogens with one attached hydrogen (secondary N) is 1. The molecule has 0 rings (SSSR count). The predicted octanol–water partition coefficient (Wildman–Crippen LogP) is 4.01. The maximum absolute atomic E-state index is 10.1. The first-order chi connectivity index (χ1) is 9.27. The molecule has 0 aliphatic heterocycles. The standard InChI is InChI=1S/C16H33NO2/c1-2-3-4-5-6-7-8-9-10-11-12-13-14-15-17-16(18)19/h17H,2-15H2,1H3,(H,18,19)/p-1. The van der Waals surface area contributed by atoms with Crippen molar-refractivity contribution < 1.29 is 9.90 Å². The van der Waals surface area contributed by atoms with Crippen LogP contribution in [0, 0.1) is 0 Å². The van der Waals surface area contributed by atoms with Gasteiger partial charge in [0.2, 0.25) is 0 Å². The third-order valence-corrected chi connectivity index (χ3v) is 3.55. The lowest BCUT2D eigenvalue weighted by Crippen LogP contribution is -2.36. The fourth-order valence-corrected chi connectivity index (χ4v) is 2.33. The Morgan fingerprint density at radius 1 is 0.737 bits per heavy atom. The molecular weight excluding hydrogens is 238 g/mol. The molecule has 0 unspecified atom stereocenters. The van der Waals surface area contributed by atoms with Crippen molar-refractivity contribution in [1.82, 2.24) is 5.32 Å². The zero-order chi connectivity index (χ0) is 14.2. The molecule has 0 fully saturated rings. The van der Waals surface area contributed by atoms with Crippen molar-refractivity contribution in [3.8, 4) is 0 Å². The molecule has 19 heavy (non-hydrogen) atoms. The van der Waals surface area contributed by atoms with E-state index in [4.69, 9.17) is 0 Å². The first kappa shape index (κ1) is 18.3. The van der Waals surface area contributed by atoms with E-state index in [-0.39, 0.29) is 0 Å². The SMILES string of the molecule is CCCCCCCCCCCCCCCNC(=O)[O-]. The minimum atomic E-state index is -1.15. The van der Waals surface area contributed by atoms with Crippen LogP contribution in [0.3, 0.4) is 0 Å². The number of amides is 1. The van der Waals surface area contributed by atoms with Crippen LogP contribution in [0.25, 0.3) is 0 Å². The summed E-state index contributed by atoms with van der Waals surface area (Å²) in [5, 5.41) is 12.4. The lowest BCUT2D eigenvalue weighted by atomic mass is 10.0. The molecule has 0 aromatic rings. The van der Waals surface area contributed by atoms with E-state index in [2.05, 4.69) is 12.2 Å². The Balaban J connectivity index is 2.93. The molecule has 0 saturated heterocycles. The molecule has 3 heteroatoms. The van der Waals surface area contributed by atoms with E-state index in [0.717, 1.165) is 12.8 Å². The van der Waals surface area contributed by atoms with E-state index >= 15 is 0 Å². The van der Waals surface area contributed by atoms with Gasteiger partial charge in [0.15, 0.2) is 0 Å². The normalized spacial score (nSPS) is 10.6. The van der Waals surface area contributed by atoms with Gasteiger partial charge < -0.3 is 15.2 Å². The van der Waals surface area contributed by atoms with E-state index in [1.165, 1.54) is 70.6 Å². The summed E-state index contributed by atoms with van der Waals surface area (Å²) < 4.78 is 0. The summed E-state index contributed by atoms with van der Waals surface area (Å²) >= 11 is 0. The Hall–Kier alpha value is -0.730. The van der Waals surface area contributed by atoms with Crippen LogP contribution in [0.15, 0.2) is 0 Å². The van der Waals surface area contributed by atoms with Gasteiger partial charge in [-0.15, -0.1) is 0 Å². The molecule has 0 aromatic carbocycles. The smallest absolute Gasteiger partial charge is 0.134 e. The van der Waals surface area contributed by atoms with Gasteiger partial charge in [-0.1, -0.05) is 84.0 Å². The first-order valence-electron chi connectivity index (χ1n) is 8.22. The molecule has 1 N–H and O–H groups in total. The minimum Gasteiger partial charge on any atom is -0.530 e. The molecule has 0 spiro atoms. The van der Waals surface area contributed by atoms with Crippen LogP contribution in [-0.2, 0) is 0 Å². The van der Waals surface area contributed by atoms with Gasteiger partial charge in [-0.25, -0.2) is 0 Å². The van der Waals surface area contributed by atoms with Gasteiger partial charge in [0, 0.05) is 6.54 Å². The highest BCUT2D eigenvalue weighted by atomic mass is 16.4. The van der Waals surface area contributed by atoms with Crippen molar-refractivity contribution >= 4 is 6.09 Å². The number of carbonyl (C=O) groups is 1. The highest BCUT2D eigenvalue weighted by Crippen LogP contribution is 2.12. The molecule has 0 saturated carbocycles. The third-order valence-electron chi connectivity index (χ3n) is 3.55. The second-order valence-electron chi connectivity index (χ2n) is 5.46. The summed E-state index contributed by atoms with van der Waals surface area (Å²) in [7, 11) is 0. The summed E-state index contributed by atoms with van der Waals surface area (Å²) in [6.07, 6.45) is 15.9. The quantitative estimate of drug-likeness (QED) is 0.485. The van der Waals surface area contributed by atoms with Crippen molar-refractivity contribution in [3.63, 3.8) is 0 Å². The summed E-state index contributed by atoms with van der Waals surface area (Å²) in [5.74, 6) is 0. The summed E-state index contributed by atoms with van der Waals surface area (Å²) in [6.45, 7) is 2.80. The number of unbranched alkanes of at least 4 members (excludes halogenated alkanes) is 12. The summed E-state index contributed by atoms with van der Waals surface area (Å²) in [5.41, 5.74) is 0. The highest BCUT2D eigenvalue weighted by Gasteiger charge is 1.93. The average molecular weight is 270 g/mol. The van der Waals surface area contributed by atoms with Crippen LogP contribution in [0.4, 0.5) is 4.79 Å². The number of carbonyl (C=O) groups excluding carboxylic acids is 1. The van der Waals surface area contributed by atoms with Gasteiger partial charge in [0.1, 0.15) is 6.09 Å². The lowest BCUT2D eigenvalue weighted by Gasteiger charge is -2.06. The largest absolute Gasteiger partial charge is 0.530 e. The molecule has 0 aromatic heterocycles. The Bertz CT molecular complexity index is 195. The summed E-state index contributed by atoms with van der Waals surface area (Å²) in [6, 6.07) is 0. The van der Waals surface area contributed by atoms with Gasteiger partial charge in [-0.05, 0) is 6.42 Å². The second kappa shape index (κ2) is 15.3. The maximum Gasteiger partial charge on any atom is 0.134 e. The van der Waals surface area contributed by atoms with Crippen LogP contribution in [-0.4, -0.2) is 12.6 Å². The van der Waals surface area contributed by atoms with Gasteiger partial charge >= 0.3 is 0 Å². The molecular formula is C16H32NO2-. The topological polar surface area (TPSA) is 52.2 Å². The molecule has 114 valence electrons. The van der Waals surface area contributed by atoms with E-state index in [1.54, 1.807) is 0 Å². The minimum absolute atomic E-state index is 0.542. The maximum atomic E-state index is 10.1. The van der Waals surface area contributed by atoms with Crippen molar-refractivity contribution in [2.75, 3.05) is 6.54 Å². The third kappa shape index (κ3) is 17.3. The van der Waals surface area contributed by atoms with Crippen LogP contribution in [0.1, 0.15) is 90.4 Å².